The second kappa shape index (κ2) is 70.7. The Bertz CT molecular complexity index is 1890. The van der Waals surface area contributed by atoms with Gasteiger partial charge in [-0.15, -0.1) is 0 Å². The van der Waals surface area contributed by atoms with Crippen molar-refractivity contribution in [1.29, 1.82) is 0 Å². The Labute approximate surface area is 600 Å². The highest BCUT2D eigenvalue weighted by molar-refractivity contribution is 7.47. The molecule has 0 fully saturated rings. The maximum atomic E-state index is 13.1. The van der Waals surface area contributed by atoms with Crippen molar-refractivity contribution in [2.45, 2.75) is 432 Å². The number of hydrogen-bond donors (Lipinski definition) is 3. The minimum absolute atomic E-state index is 0.104. The van der Waals surface area contributed by atoms with Gasteiger partial charge in [0.1, 0.15) is 19.3 Å². The molecule has 17 nitrogen and oxygen atoms in total. The molecule has 0 aliphatic heterocycles. The fourth-order valence-electron chi connectivity index (χ4n) is 12.2. The molecule has 3 N–H and O–H groups in total. The van der Waals surface area contributed by atoms with Gasteiger partial charge in [0.15, 0.2) is 12.2 Å². The molecule has 0 heterocycles. The lowest BCUT2D eigenvalue weighted by Crippen LogP contribution is -2.30. The standard InChI is InChI=1S/C79H154O17P2/c1-7-10-12-14-16-17-18-19-20-21-25-28-31-34-37-44-50-56-62-77(82)90-68-75(95-78(83)63-57-51-45-38-35-32-29-26-23-22-24-27-30-33-36-43-48-54-60-72(6)9-3)70-94-98(87,88)92-66-73(80)65-91-97(85,86)93-69-74(67-89-76(81)61-55-49-41-15-13-11-8-2)96-79(84)64-58-52-46-40-39-42-47-53-59-71(4)5/h71-75,80H,7-70H2,1-6H3,(H,85,86)(H,87,88)/t72?,73-,74+,75+/m0/s1. The van der Waals surface area contributed by atoms with Gasteiger partial charge in [0, 0.05) is 25.7 Å². The Morgan fingerprint density at radius 2 is 0.520 bits per heavy atom. The first kappa shape index (κ1) is 96.1. The molecule has 3 unspecified atom stereocenters. The normalized spacial score (nSPS) is 14.2. The smallest absolute Gasteiger partial charge is 0.462 e. The van der Waals surface area contributed by atoms with Gasteiger partial charge in [-0.3, -0.25) is 37.3 Å². The van der Waals surface area contributed by atoms with Gasteiger partial charge in [0.05, 0.1) is 26.4 Å². The van der Waals surface area contributed by atoms with Crippen molar-refractivity contribution in [3.8, 4) is 0 Å². The van der Waals surface area contributed by atoms with Gasteiger partial charge in [0.25, 0.3) is 0 Å². The number of phosphoric ester groups is 2. The molecule has 0 saturated carbocycles. The molecule has 0 aromatic carbocycles. The summed E-state index contributed by atoms with van der Waals surface area (Å²) in [5.74, 6) is -0.529. The summed E-state index contributed by atoms with van der Waals surface area (Å²) in [6.07, 6.45) is 60.0. The maximum absolute atomic E-state index is 13.1. The average Bonchev–Trinajstić information content (AvgIpc) is 1.38. The third kappa shape index (κ3) is 71.1. The Balaban J connectivity index is 5.15. The summed E-state index contributed by atoms with van der Waals surface area (Å²) in [6, 6.07) is 0. The van der Waals surface area contributed by atoms with Crippen molar-refractivity contribution in [2.24, 2.45) is 11.8 Å². The number of phosphoric acid groups is 2. The molecule has 582 valence electrons. The van der Waals surface area contributed by atoms with E-state index in [0.29, 0.717) is 25.7 Å². The Morgan fingerprint density at radius 3 is 0.776 bits per heavy atom. The van der Waals surface area contributed by atoms with Crippen LogP contribution in [0.2, 0.25) is 0 Å². The lowest BCUT2D eigenvalue weighted by atomic mass is 9.99. The predicted molar refractivity (Wildman–Crippen MR) is 400 cm³/mol. The van der Waals surface area contributed by atoms with Gasteiger partial charge in [0.2, 0.25) is 0 Å². The minimum Gasteiger partial charge on any atom is -0.462 e. The number of carbonyl (C=O) groups excluding carboxylic acids is 4. The molecule has 0 amide bonds. The Morgan fingerprint density at radius 1 is 0.296 bits per heavy atom. The second-order valence-electron chi connectivity index (χ2n) is 29.2. The number of hydrogen-bond acceptors (Lipinski definition) is 15. The summed E-state index contributed by atoms with van der Waals surface area (Å²) in [6.45, 7) is 9.60. The molecular formula is C79H154O17P2. The number of aliphatic hydroxyl groups is 1. The first-order valence-corrected chi connectivity index (χ1v) is 44.0. The van der Waals surface area contributed by atoms with Gasteiger partial charge >= 0.3 is 39.5 Å². The molecule has 0 rings (SSSR count). The van der Waals surface area contributed by atoms with Crippen LogP contribution < -0.4 is 0 Å². The highest BCUT2D eigenvalue weighted by atomic mass is 31.2. The molecule has 0 aliphatic carbocycles. The van der Waals surface area contributed by atoms with Crippen LogP contribution in [-0.4, -0.2) is 96.7 Å². The van der Waals surface area contributed by atoms with E-state index in [4.69, 9.17) is 37.0 Å². The van der Waals surface area contributed by atoms with Gasteiger partial charge in [-0.1, -0.05) is 363 Å². The van der Waals surface area contributed by atoms with E-state index in [1.807, 2.05) is 0 Å². The maximum Gasteiger partial charge on any atom is 0.472 e. The molecule has 19 heteroatoms. The fraction of sp³-hybridized carbons (Fsp3) is 0.949. The predicted octanol–water partition coefficient (Wildman–Crippen LogP) is 23.5. The zero-order valence-electron chi connectivity index (χ0n) is 64.1. The third-order valence-corrected chi connectivity index (χ3v) is 20.7. The van der Waals surface area contributed by atoms with E-state index in [0.717, 1.165) is 115 Å². The van der Waals surface area contributed by atoms with Crippen molar-refractivity contribution in [2.75, 3.05) is 39.6 Å². The largest absolute Gasteiger partial charge is 0.472 e. The van der Waals surface area contributed by atoms with Crippen LogP contribution in [0.4, 0.5) is 0 Å². The van der Waals surface area contributed by atoms with E-state index in [2.05, 4.69) is 41.5 Å². The van der Waals surface area contributed by atoms with Gasteiger partial charge in [-0.05, 0) is 37.5 Å². The van der Waals surface area contributed by atoms with Crippen molar-refractivity contribution in [3.05, 3.63) is 0 Å². The number of esters is 4. The molecule has 0 radical (unpaired) electrons. The van der Waals surface area contributed by atoms with Crippen LogP contribution in [0.3, 0.4) is 0 Å². The minimum atomic E-state index is -4.96. The molecule has 0 spiro atoms. The van der Waals surface area contributed by atoms with Gasteiger partial charge < -0.3 is 33.8 Å². The van der Waals surface area contributed by atoms with Crippen molar-refractivity contribution >= 4 is 39.5 Å². The van der Waals surface area contributed by atoms with Crippen LogP contribution in [0.15, 0.2) is 0 Å². The summed E-state index contributed by atoms with van der Waals surface area (Å²) in [7, 11) is -9.91. The van der Waals surface area contributed by atoms with Crippen LogP contribution in [0.5, 0.6) is 0 Å². The van der Waals surface area contributed by atoms with E-state index in [1.165, 1.54) is 218 Å². The van der Waals surface area contributed by atoms with Gasteiger partial charge in [-0.2, -0.15) is 0 Å². The Kier molecular flexibility index (Phi) is 69.3. The average molecular weight is 1440 g/mol. The lowest BCUT2D eigenvalue weighted by Gasteiger charge is -2.21. The van der Waals surface area contributed by atoms with Crippen LogP contribution in [0, 0.1) is 11.8 Å². The molecule has 6 atom stereocenters. The first-order chi connectivity index (χ1) is 47.4. The molecule has 98 heavy (non-hydrogen) atoms. The molecule has 0 bridgehead atoms. The van der Waals surface area contributed by atoms with Crippen LogP contribution in [-0.2, 0) is 65.4 Å². The third-order valence-electron chi connectivity index (χ3n) is 18.8. The molecule has 0 aromatic rings. The molecule has 0 aliphatic rings. The number of rotatable bonds is 78. The lowest BCUT2D eigenvalue weighted by molar-refractivity contribution is -0.161. The highest BCUT2D eigenvalue weighted by Crippen LogP contribution is 2.45. The van der Waals surface area contributed by atoms with E-state index in [-0.39, 0.29) is 25.7 Å². The van der Waals surface area contributed by atoms with Crippen LogP contribution in [0.25, 0.3) is 0 Å². The number of aliphatic hydroxyl groups excluding tert-OH is 1. The summed E-state index contributed by atoms with van der Waals surface area (Å²) >= 11 is 0. The zero-order valence-corrected chi connectivity index (χ0v) is 65.9. The number of unbranched alkanes of at least 4 members (excludes halogenated alkanes) is 47. The monoisotopic (exact) mass is 1440 g/mol. The fourth-order valence-corrected chi connectivity index (χ4v) is 13.7. The summed E-state index contributed by atoms with van der Waals surface area (Å²) < 4.78 is 68.5. The van der Waals surface area contributed by atoms with E-state index in [1.54, 1.807) is 0 Å². The van der Waals surface area contributed by atoms with Crippen LogP contribution >= 0.6 is 15.6 Å². The van der Waals surface area contributed by atoms with Gasteiger partial charge in [-0.25, -0.2) is 9.13 Å². The summed E-state index contributed by atoms with van der Waals surface area (Å²) in [5.41, 5.74) is 0. The Hall–Kier alpha value is -1.94. The summed E-state index contributed by atoms with van der Waals surface area (Å²) in [5, 5.41) is 10.6. The molecule has 0 aromatic heterocycles. The van der Waals surface area contributed by atoms with Crippen molar-refractivity contribution in [3.63, 3.8) is 0 Å². The molecular weight excluding hydrogens is 1280 g/mol. The van der Waals surface area contributed by atoms with Crippen molar-refractivity contribution in [1.82, 2.24) is 0 Å². The van der Waals surface area contributed by atoms with E-state index >= 15 is 0 Å². The first-order valence-electron chi connectivity index (χ1n) is 41.0. The van der Waals surface area contributed by atoms with Crippen molar-refractivity contribution < 1.29 is 80.2 Å². The van der Waals surface area contributed by atoms with E-state index in [9.17, 15) is 43.2 Å². The quantitative estimate of drug-likeness (QED) is 0.0222. The zero-order chi connectivity index (χ0) is 72.1. The van der Waals surface area contributed by atoms with Crippen LogP contribution in [0.1, 0.15) is 414 Å². The molecule has 0 saturated heterocycles. The number of ether oxygens (including phenoxy) is 4. The topological polar surface area (TPSA) is 237 Å². The van der Waals surface area contributed by atoms with E-state index < -0.39 is 97.5 Å². The number of carbonyl (C=O) groups is 4. The SMILES string of the molecule is CCCCCCCCCCCCCCCCCCCCC(=O)OC[C@H](COP(=O)(O)OC[C@@H](O)COP(=O)(O)OC[C@@H](COC(=O)CCCCCCCCC)OC(=O)CCCCCCCCCCC(C)C)OC(=O)CCCCCCCCCCCCCCCCCCCCC(C)CC. The summed E-state index contributed by atoms with van der Waals surface area (Å²) in [4.78, 5) is 72.7. The second-order valence-corrected chi connectivity index (χ2v) is 32.1. The highest BCUT2D eigenvalue weighted by Gasteiger charge is 2.30.